The van der Waals surface area contributed by atoms with Crippen molar-refractivity contribution in [3.8, 4) is 0 Å². The van der Waals surface area contributed by atoms with Gasteiger partial charge in [0.15, 0.2) is 0 Å². The average Bonchev–Trinajstić information content (AvgIpc) is 1.89. The van der Waals surface area contributed by atoms with Crippen LogP contribution >= 0.6 is 0 Å². The van der Waals surface area contributed by atoms with E-state index in [1.165, 1.54) is 6.08 Å². The van der Waals surface area contributed by atoms with Crippen LogP contribution in [-0.2, 0) is 0 Å². The van der Waals surface area contributed by atoms with E-state index in [0.29, 0.717) is 0 Å². The highest BCUT2D eigenvalue weighted by atomic mass is 16.3. The molecule has 1 atom stereocenters. The zero-order valence-electron chi connectivity index (χ0n) is 5.46. The third-order valence-electron chi connectivity index (χ3n) is 0.878. The van der Waals surface area contributed by atoms with Gasteiger partial charge in [-0.25, -0.2) is 0 Å². The van der Waals surface area contributed by atoms with Crippen LogP contribution in [0.5, 0.6) is 0 Å². The molecular weight excluding hydrogens is 112 g/mol. The van der Waals surface area contributed by atoms with Crippen molar-refractivity contribution < 1.29 is 5.11 Å². The number of aliphatic hydroxyl groups is 1. The fraction of sp³-hybridized carbons (Fsp3) is 0.250. The predicted octanol–water partition coefficient (Wildman–Crippen LogP) is 1.67. The Bertz CT molecular complexity index is 114. The van der Waals surface area contributed by atoms with Crippen molar-refractivity contribution in [2.24, 2.45) is 0 Å². The van der Waals surface area contributed by atoms with Crippen LogP contribution in [-0.4, -0.2) is 11.2 Å². The molecule has 0 aromatic rings. The van der Waals surface area contributed by atoms with Crippen molar-refractivity contribution >= 4 is 0 Å². The van der Waals surface area contributed by atoms with Crippen LogP contribution in [0.25, 0.3) is 0 Å². The Hall–Kier alpha value is -0.820. The van der Waals surface area contributed by atoms with Crippen LogP contribution in [0.2, 0.25) is 0 Å². The molecule has 50 valence electrons. The van der Waals surface area contributed by atoms with Gasteiger partial charge in [-0.2, -0.15) is 0 Å². The van der Waals surface area contributed by atoms with Crippen molar-refractivity contribution in [3.63, 3.8) is 0 Å². The lowest BCUT2D eigenvalue weighted by Crippen LogP contribution is -1.93. The smallest absolute Gasteiger partial charge is 0.0900 e. The summed E-state index contributed by atoms with van der Waals surface area (Å²) in [4.78, 5) is 0. The summed E-state index contributed by atoms with van der Waals surface area (Å²) in [6.45, 7) is 6.94. The number of hydrogen-bond donors (Lipinski definition) is 1. The van der Waals surface area contributed by atoms with Gasteiger partial charge in [0, 0.05) is 0 Å². The number of allylic oxidation sites excluding steroid dienone is 2. The molecule has 0 aromatic carbocycles. The molecule has 0 rings (SSSR count). The van der Waals surface area contributed by atoms with E-state index in [2.05, 4.69) is 13.2 Å². The summed E-state index contributed by atoms with van der Waals surface area (Å²) in [7, 11) is 0. The summed E-state index contributed by atoms with van der Waals surface area (Å²) in [5, 5.41) is 8.85. The van der Waals surface area contributed by atoms with E-state index in [-0.39, 0.29) is 0 Å². The maximum atomic E-state index is 8.85. The summed E-state index contributed by atoms with van der Waals surface area (Å²) >= 11 is 0. The lowest BCUT2D eigenvalue weighted by Gasteiger charge is -1.92. The number of rotatable bonds is 4. The minimum Gasteiger partial charge on any atom is -0.385 e. The van der Waals surface area contributed by atoms with Crippen LogP contribution in [0.15, 0.2) is 37.5 Å². The topological polar surface area (TPSA) is 20.2 Å². The largest absolute Gasteiger partial charge is 0.385 e. The second kappa shape index (κ2) is 5.32. The quantitative estimate of drug-likeness (QED) is 0.565. The molecule has 0 radical (unpaired) electrons. The van der Waals surface area contributed by atoms with Crippen molar-refractivity contribution in [3.05, 3.63) is 37.5 Å². The summed E-state index contributed by atoms with van der Waals surface area (Å²) in [5.41, 5.74) is 0. The molecule has 0 heterocycles. The summed E-state index contributed by atoms with van der Waals surface area (Å²) in [5.74, 6) is 0. The van der Waals surface area contributed by atoms with E-state index in [9.17, 15) is 0 Å². The predicted molar refractivity (Wildman–Crippen MR) is 40.2 cm³/mol. The Labute approximate surface area is 56.0 Å². The average molecular weight is 124 g/mol. The molecule has 0 saturated carbocycles. The maximum Gasteiger partial charge on any atom is 0.0900 e. The molecule has 9 heavy (non-hydrogen) atoms. The van der Waals surface area contributed by atoms with E-state index in [0.717, 1.165) is 6.42 Å². The molecule has 0 aliphatic heterocycles. The first-order valence-corrected chi connectivity index (χ1v) is 2.89. The monoisotopic (exact) mass is 124 g/mol. The van der Waals surface area contributed by atoms with Crippen molar-refractivity contribution in [2.45, 2.75) is 12.5 Å². The Morgan fingerprint density at radius 3 is 2.56 bits per heavy atom. The molecule has 0 aliphatic carbocycles. The molecule has 0 saturated heterocycles. The number of hydrogen-bond acceptors (Lipinski definition) is 1. The first-order chi connectivity index (χ1) is 4.31. The van der Waals surface area contributed by atoms with Gasteiger partial charge in [-0.15, -0.1) is 13.2 Å². The van der Waals surface area contributed by atoms with E-state index in [1.807, 2.05) is 6.08 Å². The van der Waals surface area contributed by atoms with Crippen LogP contribution in [0.3, 0.4) is 0 Å². The van der Waals surface area contributed by atoms with Crippen LogP contribution in [0.1, 0.15) is 6.42 Å². The Balaban J connectivity index is 3.42. The molecule has 1 unspecified atom stereocenters. The fourth-order valence-corrected chi connectivity index (χ4v) is 0.393. The van der Waals surface area contributed by atoms with Gasteiger partial charge in [0.1, 0.15) is 0 Å². The maximum absolute atomic E-state index is 8.85. The second-order valence-electron chi connectivity index (χ2n) is 1.68. The van der Waals surface area contributed by atoms with Crippen molar-refractivity contribution in [1.29, 1.82) is 0 Å². The van der Waals surface area contributed by atoms with Gasteiger partial charge in [0.05, 0.1) is 6.10 Å². The normalized spacial score (nSPS) is 13.4. The second-order valence-corrected chi connectivity index (χ2v) is 1.68. The third kappa shape index (κ3) is 5.04. The van der Waals surface area contributed by atoms with Crippen molar-refractivity contribution in [1.82, 2.24) is 0 Å². The molecule has 0 aliphatic rings. The minimum absolute atomic E-state index is 0.509. The van der Waals surface area contributed by atoms with Gasteiger partial charge in [-0.1, -0.05) is 24.3 Å². The van der Waals surface area contributed by atoms with Crippen LogP contribution in [0, 0.1) is 0 Å². The molecule has 0 spiro atoms. The lowest BCUT2D eigenvalue weighted by atomic mass is 10.3. The Morgan fingerprint density at radius 2 is 2.11 bits per heavy atom. The van der Waals surface area contributed by atoms with Gasteiger partial charge in [-0.05, 0) is 6.42 Å². The SMILES string of the molecule is C=CC/C=C\C(O)C=C. The molecule has 1 nitrogen and oxygen atoms in total. The molecule has 0 fully saturated rings. The van der Waals surface area contributed by atoms with Gasteiger partial charge in [-0.3, -0.25) is 0 Å². The molecule has 0 amide bonds. The molecule has 0 bridgehead atoms. The zero-order valence-corrected chi connectivity index (χ0v) is 5.46. The third-order valence-corrected chi connectivity index (χ3v) is 0.878. The van der Waals surface area contributed by atoms with Gasteiger partial charge in [0.25, 0.3) is 0 Å². The summed E-state index contributed by atoms with van der Waals surface area (Å²) in [6.07, 6.45) is 7.05. The van der Waals surface area contributed by atoms with Crippen molar-refractivity contribution in [2.75, 3.05) is 0 Å². The van der Waals surface area contributed by atoms with E-state index in [4.69, 9.17) is 5.11 Å². The highest BCUT2D eigenvalue weighted by molar-refractivity contribution is 4.99. The zero-order chi connectivity index (χ0) is 7.11. The van der Waals surface area contributed by atoms with Gasteiger partial charge in [0.2, 0.25) is 0 Å². The highest BCUT2D eigenvalue weighted by Crippen LogP contribution is 1.89. The first kappa shape index (κ1) is 8.18. The first-order valence-electron chi connectivity index (χ1n) is 2.89. The summed E-state index contributed by atoms with van der Waals surface area (Å²) in [6, 6.07) is 0. The Kier molecular flexibility index (Phi) is 4.83. The molecule has 1 heteroatoms. The van der Waals surface area contributed by atoms with E-state index >= 15 is 0 Å². The minimum atomic E-state index is -0.509. The van der Waals surface area contributed by atoms with Crippen LogP contribution < -0.4 is 0 Å². The van der Waals surface area contributed by atoms with E-state index < -0.39 is 6.10 Å². The Morgan fingerprint density at radius 1 is 1.44 bits per heavy atom. The molecule has 1 N–H and O–H groups in total. The standard InChI is InChI=1S/C8H12O/c1-3-5-6-7-8(9)4-2/h3-4,6-9H,1-2,5H2/b7-6-. The molecular formula is C8H12O. The van der Waals surface area contributed by atoms with Crippen LogP contribution in [0.4, 0.5) is 0 Å². The van der Waals surface area contributed by atoms with Gasteiger partial charge < -0.3 is 5.11 Å². The molecule has 0 aromatic heterocycles. The fourth-order valence-electron chi connectivity index (χ4n) is 0.393. The lowest BCUT2D eigenvalue weighted by molar-refractivity contribution is 0.272. The number of aliphatic hydroxyl groups excluding tert-OH is 1. The van der Waals surface area contributed by atoms with E-state index in [1.54, 1.807) is 12.2 Å². The van der Waals surface area contributed by atoms with Gasteiger partial charge >= 0.3 is 0 Å². The highest BCUT2D eigenvalue weighted by Gasteiger charge is 1.84. The summed E-state index contributed by atoms with van der Waals surface area (Å²) < 4.78 is 0.